The van der Waals surface area contributed by atoms with Gasteiger partial charge in [0, 0.05) is 5.57 Å². The van der Waals surface area contributed by atoms with Gasteiger partial charge in [0.25, 0.3) is 0 Å². The Balaban J connectivity index is 2.99. The zero-order valence-electron chi connectivity index (χ0n) is 5.57. The van der Waals surface area contributed by atoms with Crippen LogP contribution in [0.3, 0.4) is 0 Å². The van der Waals surface area contributed by atoms with E-state index >= 15 is 0 Å². The smallest absolute Gasteiger partial charge is 0.343 e. The third-order valence-corrected chi connectivity index (χ3v) is 1.25. The molecule has 11 heavy (non-hydrogen) atoms. The van der Waals surface area contributed by atoms with Crippen molar-refractivity contribution >= 4 is 18.0 Å². The molecule has 1 rings (SSSR count). The summed E-state index contributed by atoms with van der Waals surface area (Å²) in [6, 6.07) is -0.730. The molecule has 0 radical (unpaired) electrons. The summed E-state index contributed by atoms with van der Waals surface area (Å²) in [5.41, 5.74) is 0.000787. The van der Waals surface area contributed by atoms with Crippen LogP contribution in [0, 0.1) is 0 Å². The van der Waals surface area contributed by atoms with Gasteiger partial charge in [0.05, 0.1) is 0 Å². The van der Waals surface area contributed by atoms with Gasteiger partial charge in [0.15, 0.2) is 12.5 Å². The number of hydrogen-bond donors (Lipinski definition) is 2. The highest BCUT2D eigenvalue weighted by molar-refractivity contribution is 6.38. The number of nitrogens with one attached hydrogen (secondary N) is 1. The molecular formula is C6H6N2O3. The molecule has 0 saturated heterocycles. The van der Waals surface area contributed by atoms with Crippen LogP contribution in [0.5, 0.6) is 0 Å². The van der Waals surface area contributed by atoms with Crippen molar-refractivity contribution in [3.05, 3.63) is 12.2 Å². The Morgan fingerprint density at radius 3 is 2.91 bits per heavy atom. The van der Waals surface area contributed by atoms with Crippen LogP contribution in [0.25, 0.3) is 0 Å². The SMILES string of the molecule is C=C1C(C=O)=NC(=O)NC1O. The summed E-state index contributed by atoms with van der Waals surface area (Å²) in [4.78, 5) is 24.0. The Morgan fingerprint density at radius 2 is 2.36 bits per heavy atom. The molecule has 2 N–H and O–H groups in total. The van der Waals surface area contributed by atoms with E-state index in [1.165, 1.54) is 0 Å². The molecule has 0 bridgehead atoms. The van der Waals surface area contributed by atoms with Gasteiger partial charge in [-0.25, -0.2) is 4.79 Å². The molecule has 0 saturated carbocycles. The van der Waals surface area contributed by atoms with Crippen molar-refractivity contribution in [2.45, 2.75) is 6.23 Å². The number of urea groups is 1. The second kappa shape index (κ2) is 2.63. The fourth-order valence-electron chi connectivity index (χ4n) is 0.660. The van der Waals surface area contributed by atoms with E-state index in [4.69, 9.17) is 5.11 Å². The van der Waals surface area contributed by atoms with E-state index in [0.717, 1.165) is 0 Å². The summed E-state index contributed by atoms with van der Waals surface area (Å²) in [6.07, 6.45) is -0.815. The van der Waals surface area contributed by atoms with E-state index in [1.54, 1.807) is 0 Å². The second-order valence-electron chi connectivity index (χ2n) is 1.99. The Kier molecular flexibility index (Phi) is 1.82. The minimum Gasteiger partial charge on any atom is -0.369 e. The van der Waals surface area contributed by atoms with E-state index in [9.17, 15) is 9.59 Å². The normalized spacial score (nSPS) is 24.1. The molecular weight excluding hydrogens is 148 g/mol. The summed E-state index contributed by atoms with van der Waals surface area (Å²) >= 11 is 0. The Labute approximate surface area is 62.4 Å². The first-order chi connectivity index (χ1) is 5.15. The first-order valence-corrected chi connectivity index (χ1v) is 2.86. The molecule has 1 aliphatic rings. The molecule has 0 aromatic carbocycles. The molecule has 1 atom stereocenters. The number of aliphatic hydroxyl groups excluding tert-OH is 1. The zero-order chi connectivity index (χ0) is 8.43. The van der Waals surface area contributed by atoms with Crippen molar-refractivity contribution in [3.8, 4) is 0 Å². The van der Waals surface area contributed by atoms with Crippen LogP contribution in [0.2, 0.25) is 0 Å². The van der Waals surface area contributed by atoms with Gasteiger partial charge in [-0.2, -0.15) is 4.99 Å². The van der Waals surface area contributed by atoms with Crippen molar-refractivity contribution in [1.82, 2.24) is 5.32 Å². The highest BCUT2D eigenvalue weighted by Crippen LogP contribution is 2.04. The topological polar surface area (TPSA) is 78.8 Å². The van der Waals surface area contributed by atoms with Gasteiger partial charge < -0.3 is 10.4 Å². The van der Waals surface area contributed by atoms with E-state index in [2.05, 4.69) is 16.9 Å². The monoisotopic (exact) mass is 154 g/mol. The van der Waals surface area contributed by atoms with Crippen molar-refractivity contribution in [3.63, 3.8) is 0 Å². The number of rotatable bonds is 1. The van der Waals surface area contributed by atoms with Gasteiger partial charge in [-0.3, -0.25) is 4.79 Å². The van der Waals surface area contributed by atoms with Crippen LogP contribution in [0.4, 0.5) is 4.79 Å². The van der Waals surface area contributed by atoms with Crippen LogP contribution in [-0.4, -0.2) is 29.4 Å². The molecule has 0 aromatic heterocycles. The molecule has 0 fully saturated rings. The summed E-state index contributed by atoms with van der Waals surface area (Å²) < 4.78 is 0. The predicted molar refractivity (Wildman–Crippen MR) is 37.2 cm³/mol. The molecule has 1 unspecified atom stereocenters. The molecule has 5 heteroatoms. The standard InChI is InChI=1S/C6H6N2O3/c1-3-4(2-9)7-6(11)8-5(3)10/h2,5,10H,1H2,(H,8,11). The third kappa shape index (κ3) is 1.32. The Hall–Kier alpha value is -1.49. The molecule has 58 valence electrons. The first kappa shape index (κ1) is 7.62. The van der Waals surface area contributed by atoms with E-state index in [1.807, 2.05) is 0 Å². The number of carbonyl (C=O) groups excluding carboxylic acids is 2. The number of carbonyl (C=O) groups is 2. The van der Waals surface area contributed by atoms with Gasteiger partial charge in [-0.1, -0.05) is 6.58 Å². The second-order valence-corrected chi connectivity index (χ2v) is 1.99. The molecule has 1 aliphatic heterocycles. The summed E-state index contributed by atoms with van der Waals surface area (Å²) in [6.45, 7) is 3.36. The van der Waals surface area contributed by atoms with E-state index < -0.39 is 12.3 Å². The fraction of sp³-hybridized carbons (Fsp3) is 0.167. The van der Waals surface area contributed by atoms with Crippen molar-refractivity contribution < 1.29 is 14.7 Å². The van der Waals surface area contributed by atoms with Crippen molar-refractivity contribution in [1.29, 1.82) is 0 Å². The number of aliphatic hydroxyl groups is 1. The maximum Gasteiger partial charge on any atom is 0.343 e. The van der Waals surface area contributed by atoms with Crippen LogP contribution in [-0.2, 0) is 4.79 Å². The Morgan fingerprint density at radius 1 is 1.73 bits per heavy atom. The van der Waals surface area contributed by atoms with Gasteiger partial charge in [0.2, 0.25) is 0 Å². The van der Waals surface area contributed by atoms with E-state index in [-0.39, 0.29) is 11.3 Å². The lowest BCUT2D eigenvalue weighted by molar-refractivity contribution is -0.102. The molecule has 1 heterocycles. The summed E-state index contributed by atoms with van der Waals surface area (Å²) in [5, 5.41) is 11.0. The average Bonchev–Trinajstić information content (AvgIpc) is 1.96. The lowest BCUT2D eigenvalue weighted by Gasteiger charge is -2.17. The third-order valence-electron chi connectivity index (χ3n) is 1.25. The number of amides is 2. The number of nitrogens with zero attached hydrogens (tertiary/aromatic N) is 1. The van der Waals surface area contributed by atoms with Crippen LogP contribution >= 0.6 is 0 Å². The lowest BCUT2D eigenvalue weighted by Crippen LogP contribution is -2.41. The molecule has 0 aliphatic carbocycles. The average molecular weight is 154 g/mol. The van der Waals surface area contributed by atoms with Gasteiger partial charge >= 0.3 is 6.03 Å². The van der Waals surface area contributed by atoms with Crippen LogP contribution in [0.1, 0.15) is 0 Å². The number of aldehydes is 1. The Bertz CT molecular complexity index is 257. The lowest BCUT2D eigenvalue weighted by atomic mass is 10.1. The summed E-state index contributed by atoms with van der Waals surface area (Å²) in [7, 11) is 0. The minimum absolute atomic E-state index is 0.110. The quantitative estimate of drug-likeness (QED) is 0.486. The minimum atomic E-state index is -1.19. The highest BCUT2D eigenvalue weighted by Gasteiger charge is 2.21. The van der Waals surface area contributed by atoms with Gasteiger partial charge in [-0.15, -0.1) is 0 Å². The predicted octanol–water partition coefficient (Wildman–Crippen LogP) is -0.776. The number of hydrogen-bond acceptors (Lipinski definition) is 3. The first-order valence-electron chi connectivity index (χ1n) is 2.86. The van der Waals surface area contributed by atoms with Crippen molar-refractivity contribution in [2.75, 3.05) is 0 Å². The highest BCUT2D eigenvalue weighted by atomic mass is 16.3. The maximum absolute atomic E-state index is 10.5. The number of aliphatic imine (C=N–C) groups is 1. The maximum atomic E-state index is 10.5. The van der Waals surface area contributed by atoms with Crippen LogP contribution in [0.15, 0.2) is 17.1 Å². The molecule has 5 nitrogen and oxygen atoms in total. The van der Waals surface area contributed by atoms with Crippen LogP contribution < -0.4 is 5.32 Å². The van der Waals surface area contributed by atoms with E-state index in [0.29, 0.717) is 6.29 Å². The van der Waals surface area contributed by atoms with Crippen molar-refractivity contribution in [2.24, 2.45) is 4.99 Å². The molecule has 0 aromatic rings. The largest absolute Gasteiger partial charge is 0.369 e. The summed E-state index contributed by atoms with van der Waals surface area (Å²) in [5.74, 6) is 0. The fourth-order valence-corrected chi connectivity index (χ4v) is 0.660. The zero-order valence-corrected chi connectivity index (χ0v) is 5.57. The molecule has 2 amide bonds. The van der Waals surface area contributed by atoms with Gasteiger partial charge in [0.1, 0.15) is 5.71 Å². The van der Waals surface area contributed by atoms with Gasteiger partial charge in [-0.05, 0) is 0 Å². The molecule has 0 spiro atoms.